The van der Waals surface area contributed by atoms with Gasteiger partial charge in [-0.25, -0.2) is 14.5 Å². The van der Waals surface area contributed by atoms with Crippen LogP contribution in [0.15, 0.2) is 24.4 Å². The van der Waals surface area contributed by atoms with Crippen molar-refractivity contribution in [3.8, 4) is 0 Å². The number of nitrogens with one attached hydrogen (secondary N) is 1. The van der Waals surface area contributed by atoms with Crippen molar-refractivity contribution < 1.29 is 36.2 Å². The molecule has 0 fully saturated rings. The van der Waals surface area contributed by atoms with E-state index in [9.17, 15) is 36.2 Å². The summed E-state index contributed by atoms with van der Waals surface area (Å²) in [6, 6.07) is 3.32. The van der Waals surface area contributed by atoms with E-state index in [1.807, 2.05) is 0 Å². The number of anilines is 2. The Morgan fingerprint density at radius 2 is 1.77 bits per heavy atom. The number of rotatable bonds is 3. The highest BCUT2D eigenvalue weighted by Gasteiger charge is 2.48. The SMILES string of the molecule is CC(C)(O)c1cc(NC=O)cc(C(F)(F)F)n1.CN1CC(C(F)(F)F)c2c1cnc1cc(Cl)nn21. The van der Waals surface area contributed by atoms with Gasteiger partial charge < -0.3 is 15.3 Å². The van der Waals surface area contributed by atoms with Gasteiger partial charge in [-0.15, -0.1) is 0 Å². The van der Waals surface area contributed by atoms with Crippen LogP contribution < -0.4 is 10.2 Å². The summed E-state index contributed by atoms with van der Waals surface area (Å²) >= 11 is 5.72. The van der Waals surface area contributed by atoms with Crippen molar-refractivity contribution >= 4 is 35.0 Å². The minimum atomic E-state index is -4.64. The van der Waals surface area contributed by atoms with E-state index in [0.717, 1.165) is 0 Å². The summed E-state index contributed by atoms with van der Waals surface area (Å²) in [5.74, 6) is -1.57. The number of likely N-dealkylation sites (N-methyl/N-ethyl adjacent to an activating group) is 1. The molecule has 1 unspecified atom stereocenters. The van der Waals surface area contributed by atoms with E-state index in [0.29, 0.717) is 17.4 Å². The Kier molecular flexibility index (Phi) is 6.92. The molecule has 0 aliphatic carbocycles. The molecule has 1 aliphatic heterocycles. The van der Waals surface area contributed by atoms with Crippen molar-refractivity contribution in [2.24, 2.45) is 0 Å². The predicted molar refractivity (Wildman–Crippen MR) is 114 cm³/mol. The first-order valence-electron chi connectivity index (χ1n) is 9.86. The minimum Gasteiger partial charge on any atom is -0.384 e. The van der Waals surface area contributed by atoms with Gasteiger partial charge in [-0.3, -0.25) is 4.79 Å². The van der Waals surface area contributed by atoms with Gasteiger partial charge in [-0.1, -0.05) is 11.6 Å². The summed E-state index contributed by atoms with van der Waals surface area (Å²) in [6.07, 6.45) is -7.27. The number of halogens is 7. The van der Waals surface area contributed by atoms with Gasteiger partial charge in [0.2, 0.25) is 6.41 Å². The number of fused-ring (bicyclic) bond motifs is 3. The Morgan fingerprint density at radius 1 is 1.14 bits per heavy atom. The number of nitrogens with zero attached hydrogens (tertiary/aromatic N) is 5. The van der Waals surface area contributed by atoms with Gasteiger partial charge >= 0.3 is 12.4 Å². The zero-order chi connectivity index (χ0) is 26.3. The van der Waals surface area contributed by atoms with Crippen LogP contribution in [-0.2, 0) is 16.6 Å². The van der Waals surface area contributed by atoms with Gasteiger partial charge in [0.05, 0.1) is 23.3 Å². The van der Waals surface area contributed by atoms with Gasteiger partial charge in [-0.2, -0.15) is 31.4 Å². The fraction of sp³-hybridized carbons (Fsp3) is 0.400. The van der Waals surface area contributed by atoms with E-state index < -0.39 is 29.6 Å². The number of aromatic nitrogens is 4. The van der Waals surface area contributed by atoms with Crippen LogP contribution in [0.25, 0.3) is 5.65 Å². The highest BCUT2D eigenvalue weighted by Crippen LogP contribution is 2.44. The van der Waals surface area contributed by atoms with Crippen molar-refractivity contribution in [3.05, 3.63) is 46.6 Å². The molecule has 1 amide bonds. The fourth-order valence-corrected chi connectivity index (χ4v) is 3.57. The van der Waals surface area contributed by atoms with E-state index in [2.05, 4.69) is 20.4 Å². The molecular formula is C20H19ClF6N6O2. The lowest BCUT2D eigenvalue weighted by atomic mass is 10.0. The molecule has 0 bridgehead atoms. The summed E-state index contributed by atoms with van der Waals surface area (Å²) in [6.45, 7) is 2.48. The van der Waals surface area contributed by atoms with Crippen LogP contribution in [0.1, 0.15) is 36.8 Å². The number of hydrogen-bond acceptors (Lipinski definition) is 6. The van der Waals surface area contributed by atoms with Crippen LogP contribution in [0, 0.1) is 0 Å². The van der Waals surface area contributed by atoms with Crippen molar-refractivity contribution in [1.82, 2.24) is 19.6 Å². The minimum absolute atomic E-state index is 0.0700. The van der Waals surface area contributed by atoms with E-state index in [1.54, 1.807) is 7.05 Å². The van der Waals surface area contributed by atoms with Crippen LogP contribution in [0.5, 0.6) is 0 Å². The summed E-state index contributed by atoms with van der Waals surface area (Å²) < 4.78 is 77.8. The van der Waals surface area contributed by atoms with E-state index in [1.165, 1.54) is 41.6 Å². The summed E-state index contributed by atoms with van der Waals surface area (Å²) in [5, 5.41) is 15.7. The molecule has 3 aromatic rings. The standard InChI is InChI=1S/C10H8ClF3N4.C10H11F3N2O2/c1-17-4-5(10(12,13)14)9-6(17)3-15-8-2-7(11)16-18(8)9;1-9(2,17)7-3-6(14-5-16)4-8(15-7)10(11,12)13/h2-3,5H,4H2,1H3;3-5,17H,1-2H3,(H,14,15,16). The van der Waals surface area contributed by atoms with E-state index in [-0.39, 0.29) is 35.2 Å². The van der Waals surface area contributed by atoms with Crippen LogP contribution in [0.3, 0.4) is 0 Å². The number of carbonyl (C=O) groups excluding carboxylic acids is 1. The fourth-order valence-electron chi connectivity index (χ4n) is 3.39. The van der Waals surface area contributed by atoms with Crippen LogP contribution in [0.2, 0.25) is 5.15 Å². The molecule has 4 heterocycles. The zero-order valence-electron chi connectivity index (χ0n) is 18.4. The average Bonchev–Trinajstić information content (AvgIpc) is 3.26. The summed E-state index contributed by atoms with van der Waals surface area (Å²) in [4.78, 5) is 19.1. The third kappa shape index (κ3) is 5.75. The quantitative estimate of drug-likeness (QED) is 0.390. The molecule has 4 rings (SSSR count). The number of carbonyl (C=O) groups is 1. The number of aliphatic hydroxyl groups is 1. The molecule has 0 radical (unpaired) electrons. The average molecular weight is 525 g/mol. The lowest BCUT2D eigenvalue weighted by Gasteiger charge is -2.19. The first-order chi connectivity index (χ1) is 16.0. The Balaban J connectivity index is 0.000000196. The van der Waals surface area contributed by atoms with Crippen molar-refractivity contribution in [3.63, 3.8) is 0 Å². The molecule has 35 heavy (non-hydrogen) atoms. The second-order valence-electron chi connectivity index (χ2n) is 8.19. The molecule has 2 N–H and O–H groups in total. The lowest BCUT2D eigenvalue weighted by molar-refractivity contribution is -0.147. The highest BCUT2D eigenvalue weighted by atomic mass is 35.5. The normalized spacial score (nSPS) is 16.1. The van der Waals surface area contributed by atoms with Gasteiger partial charge in [0, 0.05) is 25.3 Å². The Morgan fingerprint density at radius 3 is 2.31 bits per heavy atom. The van der Waals surface area contributed by atoms with Gasteiger partial charge in [0.25, 0.3) is 0 Å². The number of alkyl halides is 6. The van der Waals surface area contributed by atoms with Gasteiger partial charge in [0.15, 0.2) is 10.8 Å². The molecule has 0 aromatic carbocycles. The second-order valence-corrected chi connectivity index (χ2v) is 8.57. The van der Waals surface area contributed by atoms with Crippen LogP contribution >= 0.6 is 11.6 Å². The number of hydrogen-bond donors (Lipinski definition) is 2. The third-order valence-electron chi connectivity index (χ3n) is 5.03. The maximum atomic E-state index is 13.0. The Hall–Kier alpha value is -3.13. The van der Waals surface area contributed by atoms with E-state index in [4.69, 9.17) is 11.6 Å². The van der Waals surface area contributed by atoms with Crippen molar-refractivity contribution in [2.75, 3.05) is 23.8 Å². The third-order valence-corrected chi connectivity index (χ3v) is 5.22. The monoisotopic (exact) mass is 524 g/mol. The molecular weight excluding hydrogens is 506 g/mol. The number of amides is 1. The molecule has 8 nitrogen and oxygen atoms in total. The molecule has 190 valence electrons. The molecule has 0 saturated carbocycles. The second kappa shape index (κ2) is 9.15. The number of pyridine rings is 1. The van der Waals surface area contributed by atoms with Crippen molar-refractivity contribution in [2.45, 2.75) is 37.7 Å². The first kappa shape index (κ1) is 26.5. The van der Waals surface area contributed by atoms with Gasteiger partial charge in [-0.05, 0) is 26.0 Å². The maximum Gasteiger partial charge on any atom is 0.433 e. The maximum absolute atomic E-state index is 13.0. The molecule has 1 atom stereocenters. The van der Waals surface area contributed by atoms with Crippen LogP contribution in [0.4, 0.5) is 37.7 Å². The Bertz CT molecular complexity index is 1210. The topological polar surface area (TPSA) is 95.6 Å². The van der Waals surface area contributed by atoms with Gasteiger partial charge in [0.1, 0.15) is 17.2 Å². The zero-order valence-corrected chi connectivity index (χ0v) is 19.2. The highest BCUT2D eigenvalue weighted by molar-refractivity contribution is 6.29. The molecule has 0 spiro atoms. The van der Waals surface area contributed by atoms with Crippen molar-refractivity contribution in [1.29, 1.82) is 0 Å². The summed E-state index contributed by atoms with van der Waals surface area (Å²) in [5.41, 5.74) is -2.08. The van der Waals surface area contributed by atoms with Crippen LogP contribution in [-0.4, -0.2) is 50.9 Å². The predicted octanol–water partition coefficient (Wildman–Crippen LogP) is 4.37. The largest absolute Gasteiger partial charge is 0.433 e. The van der Waals surface area contributed by atoms with E-state index >= 15 is 0 Å². The lowest BCUT2D eigenvalue weighted by Crippen LogP contribution is -2.26. The summed E-state index contributed by atoms with van der Waals surface area (Å²) in [7, 11) is 1.60. The molecule has 15 heteroatoms. The molecule has 0 saturated heterocycles. The molecule has 1 aliphatic rings. The Labute approximate surface area is 199 Å². The molecule has 3 aromatic heterocycles. The first-order valence-corrected chi connectivity index (χ1v) is 10.2. The smallest absolute Gasteiger partial charge is 0.384 e.